The summed E-state index contributed by atoms with van der Waals surface area (Å²) in [6, 6.07) is 25.1. The van der Waals surface area contributed by atoms with Gasteiger partial charge in [-0.25, -0.2) is 9.59 Å². The molecule has 4 amide bonds. The second kappa shape index (κ2) is 13.5. The average molecular weight is 552 g/mol. The SMILES string of the molecule is Cc1ccccc1NC(=O)Nc1ccc(CC(=O)N(CC(=O)Nc2ccc(C(=O)O)cc2)Cc2ccccn2)cc1. The smallest absolute Gasteiger partial charge is 0.335 e. The van der Waals surface area contributed by atoms with Gasteiger partial charge in [-0.3, -0.25) is 14.6 Å². The number of benzene rings is 3. The molecule has 0 unspecified atom stereocenters. The molecule has 0 aliphatic rings. The quantitative estimate of drug-likeness (QED) is 0.220. The summed E-state index contributed by atoms with van der Waals surface area (Å²) < 4.78 is 0. The number of para-hydroxylation sites is 1. The number of rotatable bonds is 10. The molecule has 4 N–H and O–H groups in total. The number of carboxylic acid groups (broad SMARTS) is 1. The van der Waals surface area contributed by atoms with Crippen LogP contribution >= 0.6 is 0 Å². The average Bonchev–Trinajstić information content (AvgIpc) is 2.96. The number of hydrogen-bond acceptors (Lipinski definition) is 5. The summed E-state index contributed by atoms with van der Waals surface area (Å²) in [4.78, 5) is 55.2. The molecule has 208 valence electrons. The van der Waals surface area contributed by atoms with Crippen molar-refractivity contribution >= 4 is 40.9 Å². The van der Waals surface area contributed by atoms with E-state index in [-0.39, 0.29) is 37.0 Å². The van der Waals surface area contributed by atoms with Crippen LogP contribution in [0.25, 0.3) is 0 Å². The summed E-state index contributed by atoms with van der Waals surface area (Å²) in [5.41, 5.74) is 4.06. The van der Waals surface area contributed by atoms with Crippen LogP contribution in [-0.4, -0.2) is 45.3 Å². The molecule has 0 saturated carbocycles. The summed E-state index contributed by atoms with van der Waals surface area (Å²) in [7, 11) is 0. The number of nitrogens with zero attached hydrogens (tertiary/aromatic N) is 2. The third kappa shape index (κ3) is 8.49. The van der Waals surface area contributed by atoms with Gasteiger partial charge < -0.3 is 26.0 Å². The Bertz CT molecular complexity index is 1520. The molecule has 0 spiro atoms. The number of carboxylic acids is 1. The Morgan fingerprint density at radius 1 is 0.780 bits per heavy atom. The highest BCUT2D eigenvalue weighted by Gasteiger charge is 2.19. The normalized spacial score (nSPS) is 10.4. The van der Waals surface area contributed by atoms with Crippen molar-refractivity contribution in [3.63, 3.8) is 0 Å². The first-order valence-corrected chi connectivity index (χ1v) is 12.8. The Balaban J connectivity index is 1.38. The lowest BCUT2D eigenvalue weighted by atomic mass is 10.1. The van der Waals surface area contributed by atoms with E-state index in [1.54, 1.807) is 48.7 Å². The minimum Gasteiger partial charge on any atom is -0.478 e. The van der Waals surface area contributed by atoms with Crippen LogP contribution in [0.15, 0.2) is 97.2 Å². The van der Waals surface area contributed by atoms with Crippen LogP contribution in [0.2, 0.25) is 0 Å². The van der Waals surface area contributed by atoms with Gasteiger partial charge in [0.2, 0.25) is 11.8 Å². The van der Waals surface area contributed by atoms with Gasteiger partial charge in [-0.2, -0.15) is 0 Å². The number of anilines is 3. The van der Waals surface area contributed by atoms with E-state index in [0.29, 0.717) is 28.3 Å². The molecule has 0 saturated heterocycles. The van der Waals surface area contributed by atoms with Gasteiger partial charge >= 0.3 is 12.0 Å². The van der Waals surface area contributed by atoms with Crippen LogP contribution in [0.1, 0.15) is 27.2 Å². The van der Waals surface area contributed by atoms with Crippen molar-refractivity contribution in [2.24, 2.45) is 0 Å². The zero-order valence-corrected chi connectivity index (χ0v) is 22.3. The van der Waals surface area contributed by atoms with E-state index < -0.39 is 11.9 Å². The molecule has 0 aliphatic carbocycles. The molecule has 0 bridgehead atoms. The predicted molar refractivity (Wildman–Crippen MR) is 156 cm³/mol. The number of urea groups is 1. The van der Waals surface area contributed by atoms with Gasteiger partial charge in [0.25, 0.3) is 0 Å². The van der Waals surface area contributed by atoms with Crippen LogP contribution < -0.4 is 16.0 Å². The molecule has 1 aromatic heterocycles. The van der Waals surface area contributed by atoms with E-state index in [2.05, 4.69) is 20.9 Å². The van der Waals surface area contributed by atoms with E-state index in [1.165, 1.54) is 29.2 Å². The molecule has 3 aromatic carbocycles. The lowest BCUT2D eigenvalue weighted by molar-refractivity contribution is -0.134. The summed E-state index contributed by atoms with van der Waals surface area (Å²) in [6.45, 7) is 1.80. The van der Waals surface area contributed by atoms with Crippen molar-refractivity contribution in [2.45, 2.75) is 19.9 Å². The van der Waals surface area contributed by atoms with Crippen LogP contribution in [0.5, 0.6) is 0 Å². The number of carbonyl (C=O) groups is 4. The Labute approximate surface area is 237 Å². The Hall–Kier alpha value is -5.51. The zero-order valence-electron chi connectivity index (χ0n) is 22.3. The van der Waals surface area contributed by atoms with E-state index in [9.17, 15) is 19.2 Å². The Morgan fingerprint density at radius 2 is 1.44 bits per heavy atom. The molecule has 0 atom stereocenters. The summed E-state index contributed by atoms with van der Waals surface area (Å²) >= 11 is 0. The van der Waals surface area contributed by atoms with Gasteiger partial charge in [-0.15, -0.1) is 0 Å². The number of aromatic carboxylic acids is 1. The van der Waals surface area contributed by atoms with Crippen LogP contribution in [0, 0.1) is 6.92 Å². The van der Waals surface area contributed by atoms with E-state index >= 15 is 0 Å². The van der Waals surface area contributed by atoms with Gasteiger partial charge in [-0.1, -0.05) is 36.4 Å². The van der Waals surface area contributed by atoms with E-state index in [0.717, 1.165) is 5.56 Å². The van der Waals surface area contributed by atoms with Crippen LogP contribution in [0.3, 0.4) is 0 Å². The van der Waals surface area contributed by atoms with Gasteiger partial charge in [0, 0.05) is 23.3 Å². The van der Waals surface area contributed by atoms with Crippen LogP contribution in [0.4, 0.5) is 21.9 Å². The molecular formula is C31H29N5O5. The first-order valence-electron chi connectivity index (χ1n) is 12.8. The maximum absolute atomic E-state index is 13.3. The summed E-state index contributed by atoms with van der Waals surface area (Å²) in [5, 5.41) is 17.3. The fraction of sp³-hybridized carbons (Fsp3) is 0.129. The number of aryl methyl sites for hydroxylation is 1. The van der Waals surface area contributed by atoms with E-state index in [4.69, 9.17) is 5.11 Å². The molecule has 0 fully saturated rings. The topological polar surface area (TPSA) is 141 Å². The van der Waals surface area contributed by atoms with Crippen LogP contribution in [-0.2, 0) is 22.6 Å². The van der Waals surface area contributed by atoms with Gasteiger partial charge in [0.1, 0.15) is 6.54 Å². The zero-order chi connectivity index (χ0) is 29.2. The number of nitrogens with one attached hydrogen (secondary N) is 3. The molecule has 4 rings (SSSR count). The Morgan fingerprint density at radius 3 is 2.10 bits per heavy atom. The lowest BCUT2D eigenvalue weighted by Crippen LogP contribution is -2.38. The maximum Gasteiger partial charge on any atom is 0.335 e. The van der Waals surface area contributed by atoms with E-state index in [1.807, 2.05) is 31.2 Å². The second-order valence-corrected chi connectivity index (χ2v) is 9.27. The highest BCUT2D eigenvalue weighted by molar-refractivity contribution is 6.00. The molecule has 0 aliphatic heterocycles. The number of amides is 4. The first-order chi connectivity index (χ1) is 19.8. The number of pyridine rings is 1. The minimum atomic E-state index is -1.07. The molecule has 10 heteroatoms. The van der Waals surface area contributed by atoms with Gasteiger partial charge in [0.15, 0.2) is 0 Å². The highest BCUT2D eigenvalue weighted by atomic mass is 16.4. The Kier molecular flexibility index (Phi) is 9.40. The van der Waals surface area contributed by atoms with Crippen molar-refractivity contribution in [1.29, 1.82) is 0 Å². The first kappa shape index (κ1) is 28.5. The van der Waals surface area contributed by atoms with Crippen molar-refractivity contribution in [2.75, 3.05) is 22.5 Å². The summed E-state index contributed by atoms with van der Waals surface area (Å²) in [6.07, 6.45) is 1.64. The molecule has 10 nitrogen and oxygen atoms in total. The second-order valence-electron chi connectivity index (χ2n) is 9.27. The molecule has 1 heterocycles. The number of aromatic nitrogens is 1. The third-order valence-corrected chi connectivity index (χ3v) is 6.14. The monoisotopic (exact) mass is 551 g/mol. The predicted octanol–water partition coefficient (Wildman–Crippen LogP) is 4.94. The van der Waals surface area contributed by atoms with Gasteiger partial charge in [-0.05, 0) is 72.6 Å². The molecule has 41 heavy (non-hydrogen) atoms. The number of hydrogen-bond donors (Lipinski definition) is 4. The van der Waals surface area contributed by atoms with Crippen molar-refractivity contribution in [3.05, 3.63) is 120 Å². The molecule has 4 aromatic rings. The fourth-order valence-corrected chi connectivity index (χ4v) is 3.98. The minimum absolute atomic E-state index is 0.0309. The largest absolute Gasteiger partial charge is 0.478 e. The summed E-state index contributed by atoms with van der Waals surface area (Å²) in [5.74, 6) is -1.79. The van der Waals surface area contributed by atoms with Crippen molar-refractivity contribution in [1.82, 2.24) is 9.88 Å². The standard InChI is InChI=1S/C31H29N5O5/c1-21-6-2-3-8-27(21)35-31(41)34-25-13-9-22(10-14-25)18-29(38)36(19-26-7-4-5-17-32-26)20-28(37)33-24-15-11-23(12-16-24)30(39)40/h2-17H,18-20H2,1H3,(H,33,37)(H,39,40)(H2,34,35,41). The van der Waals surface area contributed by atoms with Crippen molar-refractivity contribution < 1.29 is 24.3 Å². The fourth-order valence-electron chi connectivity index (χ4n) is 3.98. The highest BCUT2D eigenvalue weighted by Crippen LogP contribution is 2.16. The molecule has 0 radical (unpaired) electrons. The third-order valence-electron chi connectivity index (χ3n) is 6.14. The van der Waals surface area contributed by atoms with Gasteiger partial charge in [0.05, 0.1) is 24.2 Å². The maximum atomic E-state index is 13.3. The molecular weight excluding hydrogens is 522 g/mol. The number of carbonyl (C=O) groups excluding carboxylic acids is 3. The lowest BCUT2D eigenvalue weighted by Gasteiger charge is -2.22. The van der Waals surface area contributed by atoms with Crippen molar-refractivity contribution in [3.8, 4) is 0 Å².